The fourth-order valence-corrected chi connectivity index (χ4v) is 4.16. The van der Waals surface area contributed by atoms with Crippen LogP contribution in [-0.2, 0) is 23.5 Å². The number of anilines is 1. The molecule has 1 aliphatic heterocycles. The molecule has 3 rings (SSSR count). The Morgan fingerprint density at radius 3 is 2.90 bits per heavy atom. The quantitative estimate of drug-likeness (QED) is 0.924. The van der Waals surface area contributed by atoms with E-state index >= 15 is 0 Å². The molecule has 0 unspecified atom stereocenters. The van der Waals surface area contributed by atoms with Gasteiger partial charge in [-0.15, -0.1) is 0 Å². The van der Waals surface area contributed by atoms with Gasteiger partial charge in [0.1, 0.15) is 11.6 Å². The lowest BCUT2D eigenvalue weighted by Gasteiger charge is -2.22. The fourth-order valence-electron chi connectivity index (χ4n) is 2.98. The standard InChI is InChI=1S/C15H23N3OS/c1-16-15-12-9-19-8-7-13(12)17-14(18-15)10-20-11-5-3-2-4-6-11/h11H,2-10H2,1H3,(H,16,17,18). The lowest BCUT2D eigenvalue weighted by Crippen LogP contribution is -2.17. The number of aromatic nitrogens is 2. The molecule has 0 aromatic carbocycles. The molecule has 0 atom stereocenters. The van der Waals surface area contributed by atoms with Crippen molar-refractivity contribution in [3.8, 4) is 0 Å². The van der Waals surface area contributed by atoms with E-state index < -0.39 is 0 Å². The normalized spacial score (nSPS) is 19.6. The van der Waals surface area contributed by atoms with Gasteiger partial charge in [0.2, 0.25) is 0 Å². The van der Waals surface area contributed by atoms with E-state index in [-0.39, 0.29) is 0 Å². The Kier molecular flexibility index (Phi) is 4.78. The molecular weight excluding hydrogens is 270 g/mol. The van der Waals surface area contributed by atoms with Crippen molar-refractivity contribution in [3.63, 3.8) is 0 Å². The van der Waals surface area contributed by atoms with E-state index in [1.54, 1.807) is 0 Å². The minimum atomic E-state index is 0.640. The second-order valence-corrected chi connectivity index (χ2v) is 6.83. The maximum atomic E-state index is 5.51. The van der Waals surface area contributed by atoms with Crippen molar-refractivity contribution in [1.29, 1.82) is 0 Å². The van der Waals surface area contributed by atoms with Crippen LogP contribution in [0.4, 0.5) is 5.82 Å². The van der Waals surface area contributed by atoms with Crippen LogP contribution in [0.3, 0.4) is 0 Å². The molecule has 5 heteroatoms. The van der Waals surface area contributed by atoms with Crippen LogP contribution in [0.2, 0.25) is 0 Å². The van der Waals surface area contributed by atoms with E-state index in [4.69, 9.17) is 9.72 Å². The first kappa shape index (κ1) is 14.1. The molecule has 1 aliphatic carbocycles. The third kappa shape index (κ3) is 3.26. The van der Waals surface area contributed by atoms with Crippen LogP contribution in [0.1, 0.15) is 49.2 Å². The molecular formula is C15H23N3OS. The summed E-state index contributed by atoms with van der Waals surface area (Å²) in [5.74, 6) is 2.87. The summed E-state index contributed by atoms with van der Waals surface area (Å²) in [6.07, 6.45) is 7.83. The van der Waals surface area contributed by atoms with Gasteiger partial charge in [-0.25, -0.2) is 9.97 Å². The minimum absolute atomic E-state index is 0.640. The Morgan fingerprint density at radius 2 is 2.10 bits per heavy atom. The SMILES string of the molecule is CNc1nc(CSC2CCCCC2)nc2c1COCC2. The van der Waals surface area contributed by atoms with Gasteiger partial charge < -0.3 is 10.1 Å². The smallest absolute Gasteiger partial charge is 0.140 e. The van der Waals surface area contributed by atoms with Gasteiger partial charge in [-0.2, -0.15) is 11.8 Å². The summed E-state index contributed by atoms with van der Waals surface area (Å²) in [6, 6.07) is 0. The van der Waals surface area contributed by atoms with Crippen molar-refractivity contribution in [3.05, 3.63) is 17.1 Å². The van der Waals surface area contributed by atoms with Crippen LogP contribution >= 0.6 is 11.8 Å². The average molecular weight is 293 g/mol. The predicted octanol–water partition coefficient (Wildman–Crippen LogP) is 3.16. The van der Waals surface area contributed by atoms with Gasteiger partial charge in [0.25, 0.3) is 0 Å². The fraction of sp³-hybridized carbons (Fsp3) is 0.733. The highest BCUT2D eigenvalue weighted by atomic mass is 32.2. The van der Waals surface area contributed by atoms with E-state index in [0.29, 0.717) is 6.61 Å². The van der Waals surface area contributed by atoms with Gasteiger partial charge in [0.15, 0.2) is 0 Å². The highest BCUT2D eigenvalue weighted by Crippen LogP contribution is 2.30. The molecule has 0 bridgehead atoms. The van der Waals surface area contributed by atoms with Crippen molar-refractivity contribution in [2.24, 2.45) is 0 Å². The zero-order valence-corrected chi connectivity index (χ0v) is 13.0. The lowest BCUT2D eigenvalue weighted by atomic mass is 10.0. The molecule has 1 aromatic heterocycles. The van der Waals surface area contributed by atoms with Gasteiger partial charge >= 0.3 is 0 Å². The van der Waals surface area contributed by atoms with E-state index in [0.717, 1.165) is 41.2 Å². The average Bonchev–Trinajstić information content (AvgIpc) is 2.53. The zero-order valence-electron chi connectivity index (χ0n) is 12.2. The number of hydrogen-bond acceptors (Lipinski definition) is 5. The van der Waals surface area contributed by atoms with Crippen molar-refractivity contribution < 1.29 is 4.74 Å². The zero-order chi connectivity index (χ0) is 13.8. The Hall–Kier alpha value is -0.810. The minimum Gasteiger partial charge on any atom is -0.376 e. The maximum absolute atomic E-state index is 5.51. The summed E-state index contributed by atoms with van der Waals surface area (Å²) in [5.41, 5.74) is 2.32. The Morgan fingerprint density at radius 1 is 1.25 bits per heavy atom. The van der Waals surface area contributed by atoms with E-state index in [1.807, 2.05) is 18.8 Å². The molecule has 1 aromatic rings. The second kappa shape index (κ2) is 6.76. The van der Waals surface area contributed by atoms with Gasteiger partial charge in [-0.3, -0.25) is 0 Å². The lowest BCUT2D eigenvalue weighted by molar-refractivity contribution is 0.109. The van der Waals surface area contributed by atoms with E-state index in [1.165, 1.54) is 37.8 Å². The molecule has 110 valence electrons. The molecule has 0 radical (unpaired) electrons. The number of fused-ring (bicyclic) bond motifs is 1. The first-order valence-electron chi connectivity index (χ1n) is 7.62. The third-order valence-electron chi connectivity index (χ3n) is 4.11. The number of nitrogens with one attached hydrogen (secondary N) is 1. The Balaban J connectivity index is 1.69. The largest absolute Gasteiger partial charge is 0.376 e. The second-order valence-electron chi connectivity index (χ2n) is 5.54. The number of rotatable bonds is 4. The van der Waals surface area contributed by atoms with Gasteiger partial charge in [0, 0.05) is 24.3 Å². The third-order valence-corrected chi connectivity index (χ3v) is 5.47. The topological polar surface area (TPSA) is 47.0 Å². The Bertz CT molecular complexity index is 443. The molecule has 2 aliphatic rings. The summed E-state index contributed by atoms with van der Waals surface area (Å²) < 4.78 is 5.51. The van der Waals surface area contributed by atoms with E-state index in [2.05, 4.69) is 10.3 Å². The summed E-state index contributed by atoms with van der Waals surface area (Å²) in [6.45, 7) is 1.42. The molecule has 0 spiro atoms. The summed E-state index contributed by atoms with van der Waals surface area (Å²) in [7, 11) is 1.93. The number of ether oxygens (including phenoxy) is 1. The van der Waals surface area contributed by atoms with Crippen LogP contribution in [0.5, 0.6) is 0 Å². The van der Waals surface area contributed by atoms with Crippen LogP contribution in [-0.4, -0.2) is 28.9 Å². The monoisotopic (exact) mass is 293 g/mol. The number of hydrogen-bond donors (Lipinski definition) is 1. The Labute approximate surface area is 125 Å². The summed E-state index contributed by atoms with van der Waals surface area (Å²) in [4.78, 5) is 9.42. The number of thioether (sulfide) groups is 1. The van der Waals surface area contributed by atoms with Gasteiger partial charge in [-0.1, -0.05) is 19.3 Å². The van der Waals surface area contributed by atoms with E-state index in [9.17, 15) is 0 Å². The molecule has 2 heterocycles. The summed E-state index contributed by atoms with van der Waals surface area (Å²) >= 11 is 2.04. The molecule has 0 amide bonds. The highest BCUT2D eigenvalue weighted by molar-refractivity contribution is 7.99. The van der Waals surface area contributed by atoms with Crippen molar-refractivity contribution >= 4 is 17.6 Å². The molecule has 4 nitrogen and oxygen atoms in total. The molecule has 1 fully saturated rings. The summed E-state index contributed by atoms with van der Waals surface area (Å²) in [5, 5.41) is 4.00. The van der Waals surface area contributed by atoms with Crippen molar-refractivity contribution in [2.45, 2.75) is 56.1 Å². The van der Waals surface area contributed by atoms with Crippen molar-refractivity contribution in [1.82, 2.24) is 9.97 Å². The molecule has 0 saturated heterocycles. The van der Waals surface area contributed by atoms with Crippen LogP contribution in [0.15, 0.2) is 0 Å². The predicted molar refractivity (Wildman–Crippen MR) is 83.1 cm³/mol. The first-order chi connectivity index (χ1) is 9.86. The molecule has 1 saturated carbocycles. The highest BCUT2D eigenvalue weighted by Gasteiger charge is 2.19. The number of nitrogens with zero attached hydrogens (tertiary/aromatic N) is 2. The van der Waals surface area contributed by atoms with Gasteiger partial charge in [0.05, 0.1) is 24.7 Å². The van der Waals surface area contributed by atoms with Crippen LogP contribution in [0.25, 0.3) is 0 Å². The first-order valence-corrected chi connectivity index (χ1v) is 8.67. The van der Waals surface area contributed by atoms with Crippen LogP contribution < -0.4 is 5.32 Å². The van der Waals surface area contributed by atoms with Gasteiger partial charge in [-0.05, 0) is 12.8 Å². The van der Waals surface area contributed by atoms with Crippen molar-refractivity contribution in [2.75, 3.05) is 19.0 Å². The molecule has 1 N–H and O–H groups in total. The maximum Gasteiger partial charge on any atom is 0.140 e. The molecule has 20 heavy (non-hydrogen) atoms. The van der Waals surface area contributed by atoms with Crippen LogP contribution in [0, 0.1) is 0 Å².